The summed E-state index contributed by atoms with van der Waals surface area (Å²) in [6, 6.07) is 6.98. The highest BCUT2D eigenvalue weighted by Gasteiger charge is 2.20. The van der Waals surface area contributed by atoms with Crippen LogP contribution in [0.3, 0.4) is 0 Å². The van der Waals surface area contributed by atoms with Crippen LogP contribution in [0.4, 0.5) is 0 Å². The molecule has 0 saturated heterocycles. The van der Waals surface area contributed by atoms with Gasteiger partial charge in [0.15, 0.2) is 0 Å². The molecule has 0 aromatic heterocycles. The first kappa shape index (κ1) is 13.6. The van der Waals surface area contributed by atoms with E-state index in [2.05, 4.69) is 5.32 Å². The van der Waals surface area contributed by atoms with Crippen molar-refractivity contribution in [2.75, 3.05) is 7.11 Å². The Morgan fingerprint density at radius 3 is 2.37 bits per heavy atom. The van der Waals surface area contributed by atoms with E-state index in [9.17, 15) is 9.59 Å². The Labute approximate surface area is 113 Å². The molecule has 2 rings (SSSR count). The lowest BCUT2D eigenvalue weighted by Crippen LogP contribution is -2.36. The van der Waals surface area contributed by atoms with E-state index < -0.39 is 5.97 Å². The molecule has 0 heterocycles. The monoisotopic (exact) mass is 261 g/mol. The summed E-state index contributed by atoms with van der Waals surface area (Å²) >= 11 is 0. The van der Waals surface area contributed by atoms with Gasteiger partial charge in [0.25, 0.3) is 5.91 Å². The molecule has 0 spiro atoms. The van der Waals surface area contributed by atoms with E-state index in [0.29, 0.717) is 11.1 Å². The Morgan fingerprint density at radius 1 is 1.11 bits per heavy atom. The molecule has 19 heavy (non-hydrogen) atoms. The second-order valence-electron chi connectivity index (χ2n) is 4.85. The predicted molar refractivity (Wildman–Crippen MR) is 72.1 cm³/mol. The van der Waals surface area contributed by atoms with Crippen LogP contribution in [0.25, 0.3) is 0 Å². The van der Waals surface area contributed by atoms with Crippen molar-refractivity contribution in [2.24, 2.45) is 0 Å². The average molecular weight is 261 g/mol. The number of benzene rings is 1. The summed E-state index contributed by atoms with van der Waals surface area (Å²) in [7, 11) is 1.32. The molecule has 0 bridgehead atoms. The Bertz CT molecular complexity index is 464. The molecule has 1 aromatic carbocycles. The van der Waals surface area contributed by atoms with Gasteiger partial charge in [-0.2, -0.15) is 0 Å². The minimum Gasteiger partial charge on any atom is -0.465 e. The maximum atomic E-state index is 12.2. The Kier molecular flexibility index (Phi) is 4.55. The third-order valence-electron chi connectivity index (χ3n) is 3.52. The summed E-state index contributed by atoms with van der Waals surface area (Å²) in [5.74, 6) is -0.665. The van der Waals surface area contributed by atoms with Crippen molar-refractivity contribution < 1.29 is 14.3 Å². The first-order valence-corrected chi connectivity index (χ1v) is 6.70. The summed E-state index contributed by atoms with van der Waals surface area (Å²) in [5, 5.41) is 3.01. The zero-order valence-corrected chi connectivity index (χ0v) is 11.1. The summed E-state index contributed by atoms with van der Waals surface area (Å²) in [6.45, 7) is 0. The number of esters is 1. The lowest BCUT2D eigenvalue weighted by molar-refractivity contribution is 0.0596. The van der Waals surface area contributed by atoms with Gasteiger partial charge in [0.2, 0.25) is 0 Å². The van der Waals surface area contributed by atoms with Crippen LogP contribution >= 0.6 is 0 Å². The molecular formula is C15H19NO3. The molecule has 4 heteroatoms. The van der Waals surface area contributed by atoms with Crippen molar-refractivity contribution in [3.8, 4) is 0 Å². The SMILES string of the molecule is COC(=O)c1ccccc1C(=O)NC1CCCCC1. The standard InChI is InChI=1S/C15H19NO3/c1-19-15(18)13-10-6-5-9-12(13)14(17)16-11-7-3-2-4-8-11/h5-6,9-11H,2-4,7-8H2,1H3,(H,16,17). The molecule has 1 aromatic rings. The topological polar surface area (TPSA) is 55.4 Å². The van der Waals surface area contributed by atoms with Gasteiger partial charge in [0.05, 0.1) is 18.2 Å². The second kappa shape index (κ2) is 6.36. The Morgan fingerprint density at radius 2 is 1.74 bits per heavy atom. The molecule has 102 valence electrons. The zero-order valence-electron chi connectivity index (χ0n) is 11.1. The quantitative estimate of drug-likeness (QED) is 0.851. The van der Waals surface area contributed by atoms with Gasteiger partial charge in [-0.3, -0.25) is 4.79 Å². The van der Waals surface area contributed by atoms with E-state index in [1.807, 2.05) is 0 Å². The minimum atomic E-state index is -0.477. The molecule has 0 aliphatic heterocycles. The van der Waals surface area contributed by atoms with E-state index in [1.165, 1.54) is 13.5 Å². The lowest BCUT2D eigenvalue weighted by atomic mass is 9.95. The molecule has 0 unspecified atom stereocenters. The zero-order chi connectivity index (χ0) is 13.7. The Hall–Kier alpha value is -1.84. The van der Waals surface area contributed by atoms with Gasteiger partial charge in [-0.1, -0.05) is 31.4 Å². The first-order valence-electron chi connectivity index (χ1n) is 6.70. The van der Waals surface area contributed by atoms with Gasteiger partial charge in [0.1, 0.15) is 0 Å². The van der Waals surface area contributed by atoms with Crippen LogP contribution < -0.4 is 5.32 Å². The van der Waals surface area contributed by atoms with Crippen LogP contribution in [0.1, 0.15) is 52.8 Å². The smallest absolute Gasteiger partial charge is 0.338 e. The molecule has 1 fully saturated rings. The molecule has 1 aliphatic carbocycles. The summed E-state index contributed by atoms with van der Waals surface area (Å²) in [4.78, 5) is 23.9. The van der Waals surface area contributed by atoms with E-state index in [0.717, 1.165) is 25.7 Å². The van der Waals surface area contributed by atoms with Crippen molar-refractivity contribution in [3.05, 3.63) is 35.4 Å². The van der Waals surface area contributed by atoms with Crippen LogP contribution in [0.15, 0.2) is 24.3 Å². The summed E-state index contributed by atoms with van der Waals surface area (Å²) in [6.07, 6.45) is 5.59. The van der Waals surface area contributed by atoms with Crippen LogP contribution in [0.2, 0.25) is 0 Å². The normalized spacial score (nSPS) is 15.8. The van der Waals surface area contributed by atoms with Crippen LogP contribution in [-0.4, -0.2) is 25.0 Å². The second-order valence-corrected chi connectivity index (χ2v) is 4.85. The summed E-state index contributed by atoms with van der Waals surface area (Å²) < 4.78 is 4.70. The van der Waals surface area contributed by atoms with Gasteiger partial charge >= 0.3 is 5.97 Å². The highest BCUT2D eigenvalue weighted by Crippen LogP contribution is 2.18. The molecule has 1 saturated carbocycles. The van der Waals surface area contributed by atoms with E-state index in [-0.39, 0.29) is 11.9 Å². The summed E-state index contributed by atoms with van der Waals surface area (Å²) in [5.41, 5.74) is 0.707. The number of rotatable bonds is 3. The van der Waals surface area contributed by atoms with Crippen LogP contribution in [0, 0.1) is 0 Å². The molecule has 0 radical (unpaired) electrons. The van der Waals surface area contributed by atoms with Gasteiger partial charge in [0, 0.05) is 6.04 Å². The van der Waals surface area contributed by atoms with Crippen molar-refractivity contribution in [2.45, 2.75) is 38.1 Å². The van der Waals surface area contributed by atoms with Gasteiger partial charge in [-0.15, -0.1) is 0 Å². The highest BCUT2D eigenvalue weighted by molar-refractivity contribution is 6.05. The van der Waals surface area contributed by atoms with E-state index in [4.69, 9.17) is 4.74 Å². The fourth-order valence-electron chi connectivity index (χ4n) is 2.48. The number of carbonyl (C=O) groups is 2. The largest absolute Gasteiger partial charge is 0.465 e. The number of carbonyl (C=O) groups excluding carboxylic acids is 2. The fourth-order valence-corrected chi connectivity index (χ4v) is 2.48. The molecule has 4 nitrogen and oxygen atoms in total. The number of nitrogens with one attached hydrogen (secondary N) is 1. The predicted octanol–water partition coefficient (Wildman–Crippen LogP) is 2.54. The third kappa shape index (κ3) is 3.34. The van der Waals surface area contributed by atoms with Crippen molar-refractivity contribution in [3.63, 3.8) is 0 Å². The van der Waals surface area contributed by atoms with Crippen LogP contribution in [0.5, 0.6) is 0 Å². The number of methoxy groups -OCH3 is 1. The number of hydrogen-bond acceptors (Lipinski definition) is 3. The third-order valence-corrected chi connectivity index (χ3v) is 3.52. The van der Waals surface area contributed by atoms with Crippen molar-refractivity contribution >= 4 is 11.9 Å². The first-order chi connectivity index (χ1) is 9.22. The van der Waals surface area contributed by atoms with Gasteiger partial charge < -0.3 is 10.1 Å². The number of amides is 1. The fraction of sp³-hybridized carbons (Fsp3) is 0.467. The Balaban J connectivity index is 2.12. The van der Waals surface area contributed by atoms with E-state index >= 15 is 0 Å². The van der Waals surface area contributed by atoms with Crippen molar-refractivity contribution in [1.82, 2.24) is 5.32 Å². The van der Waals surface area contributed by atoms with Gasteiger partial charge in [-0.05, 0) is 25.0 Å². The minimum absolute atomic E-state index is 0.187. The number of ether oxygens (including phenoxy) is 1. The van der Waals surface area contributed by atoms with Crippen molar-refractivity contribution in [1.29, 1.82) is 0 Å². The van der Waals surface area contributed by atoms with E-state index in [1.54, 1.807) is 24.3 Å². The van der Waals surface area contributed by atoms with Crippen LogP contribution in [-0.2, 0) is 4.74 Å². The average Bonchev–Trinajstić information content (AvgIpc) is 2.47. The maximum Gasteiger partial charge on any atom is 0.338 e. The molecular weight excluding hydrogens is 242 g/mol. The molecule has 1 N–H and O–H groups in total. The highest BCUT2D eigenvalue weighted by atomic mass is 16.5. The molecule has 0 atom stereocenters. The lowest BCUT2D eigenvalue weighted by Gasteiger charge is -2.23. The van der Waals surface area contributed by atoms with Gasteiger partial charge in [-0.25, -0.2) is 4.79 Å². The molecule has 1 aliphatic rings. The molecule has 1 amide bonds. The maximum absolute atomic E-state index is 12.2. The number of hydrogen-bond donors (Lipinski definition) is 1.